The van der Waals surface area contributed by atoms with Gasteiger partial charge >= 0.3 is 0 Å². The predicted molar refractivity (Wildman–Crippen MR) is 57.5 cm³/mol. The summed E-state index contributed by atoms with van der Waals surface area (Å²) in [5, 5.41) is 3.20. The molecule has 1 unspecified atom stereocenters. The molecule has 0 aliphatic heterocycles. The summed E-state index contributed by atoms with van der Waals surface area (Å²) < 4.78 is 10.9. The van der Waals surface area contributed by atoms with Crippen LogP contribution in [0.25, 0.3) is 0 Å². The number of methoxy groups -OCH3 is 1. The quantitative estimate of drug-likeness (QED) is 0.676. The fourth-order valence-electron chi connectivity index (χ4n) is 1.92. The number of nitrogens with one attached hydrogen (secondary N) is 1. The molecule has 0 aromatic carbocycles. The zero-order valence-electron chi connectivity index (χ0n) is 9.58. The van der Waals surface area contributed by atoms with Crippen LogP contribution in [0, 0.1) is 5.92 Å². The van der Waals surface area contributed by atoms with Crippen LogP contribution in [0.5, 0.6) is 0 Å². The van der Waals surface area contributed by atoms with E-state index in [1.807, 2.05) is 7.05 Å². The average molecular weight is 201 g/mol. The second-order valence-electron chi connectivity index (χ2n) is 4.25. The molecule has 0 bridgehead atoms. The van der Waals surface area contributed by atoms with Crippen molar-refractivity contribution in [3.8, 4) is 0 Å². The molecule has 1 rings (SSSR count). The van der Waals surface area contributed by atoms with Gasteiger partial charge in [0.2, 0.25) is 0 Å². The molecule has 1 atom stereocenters. The molecule has 0 aromatic rings. The highest BCUT2D eigenvalue weighted by atomic mass is 16.5. The Morgan fingerprint density at radius 3 is 2.71 bits per heavy atom. The molecule has 14 heavy (non-hydrogen) atoms. The van der Waals surface area contributed by atoms with Crippen LogP contribution in [0.15, 0.2) is 0 Å². The Labute approximate surface area is 87.2 Å². The molecule has 3 nitrogen and oxygen atoms in total. The Kier molecular flexibility index (Phi) is 5.45. The van der Waals surface area contributed by atoms with Gasteiger partial charge in [0.15, 0.2) is 0 Å². The van der Waals surface area contributed by atoms with Gasteiger partial charge in [-0.1, -0.05) is 0 Å². The van der Waals surface area contributed by atoms with Gasteiger partial charge in [-0.3, -0.25) is 0 Å². The molecule has 0 saturated heterocycles. The van der Waals surface area contributed by atoms with E-state index in [0.717, 1.165) is 25.5 Å². The van der Waals surface area contributed by atoms with Gasteiger partial charge in [-0.2, -0.15) is 0 Å². The smallest absolute Gasteiger partial charge is 0.0585 e. The Morgan fingerprint density at radius 2 is 2.14 bits per heavy atom. The van der Waals surface area contributed by atoms with E-state index in [2.05, 4.69) is 12.2 Å². The molecule has 1 aliphatic rings. The average Bonchev–Trinajstić information content (AvgIpc) is 2.11. The molecule has 0 spiro atoms. The second-order valence-corrected chi connectivity index (χ2v) is 4.25. The third kappa shape index (κ3) is 3.95. The largest absolute Gasteiger partial charge is 0.385 e. The maximum absolute atomic E-state index is 5.86. The molecule has 0 aromatic heterocycles. The first-order chi connectivity index (χ1) is 6.76. The van der Waals surface area contributed by atoms with Crippen LogP contribution in [-0.2, 0) is 9.47 Å². The van der Waals surface area contributed by atoms with Crippen molar-refractivity contribution in [3.05, 3.63) is 0 Å². The van der Waals surface area contributed by atoms with Crippen LogP contribution in [0.3, 0.4) is 0 Å². The number of hydrogen-bond acceptors (Lipinski definition) is 3. The summed E-state index contributed by atoms with van der Waals surface area (Å²) in [5.74, 6) is 0.833. The number of ether oxygens (including phenoxy) is 2. The van der Waals surface area contributed by atoms with Crippen LogP contribution >= 0.6 is 0 Å². The standard InChI is InChI=1S/C11H23NO2/c1-9(4-5-13-3)14-11-6-10(7-11)8-12-2/h9-12H,4-8H2,1-3H3. The van der Waals surface area contributed by atoms with Gasteiger partial charge < -0.3 is 14.8 Å². The fourth-order valence-corrected chi connectivity index (χ4v) is 1.92. The molecule has 0 radical (unpaired) electrons. The SMILES string of the molecule is CNCC1CC(OC(C)CCOC)C1. The van der Waals surface area contributed by atoms with Crippen molar-refractivity contribution in [3.63, 3.8) is 0 Å². The number of hydrogen-bond donors (Lipinski definition) is 1. The normalized spacial score (nSPS) is 28.5. The van der Waals surface area contributed by atoms with Crippen molar-refractivity contribution >= 4 is 0 Å². The van der Waals surface area contributed by atoms with E-state index in [1.54, 1.807) is 7.11 Å². The minimum Gasteiger partial charge on any atom is -0.385 e. The van der Waals surface area contributed by atoms with E-state index in [-0.39, 0.29) is 0 Å². The molecule has 1 saturated carbocycles. The van der Waals surface area contributed by atoms with Crippen LogP contribution in [0.1, 0.15) is 26.2 Å². The highest BCUT2D eigenvalue weighted by Gasteiger charge is 2.30. The molecule has 0 amide bonds. The van der Waals surface area contributed by atoms with E-state index in [9.17, 15) is 0 Å². The lowest BCUT2D eigenvalue weighted by Gasteiger charge is -2.36. The Bertz CT molecular complexity index is 146. The first-order valence-corrected chi connectivity index (χ1v) is 5.55. The third-order valence-electron chi connectivity index (χ3n) is 2.84. The van der Waals surface area contributed by atoms with Crippen LogP contribution < -0.4 is 5.32 Å². The van der Waals surface area contributed by atoms with Gasteiger partial charge in [0.1, 0.15) is 0 Å². The van der Waals surface area contributed by atoms with Crippen molar-refractivity contribution in [2.75, 3.05) is 27.3 Å². The van der Waals surface area contributed by atoms with Crippen LogP contribution in [-0.4, -0.2) is 39.5 Å². The zero-order chi connectivity index (χ0) is 10.4. The fraction of sp³-hybridized carbons (Fsp3) is 1.00. The lowest BCUT2D eigenvalue weighted by atomic mass is 9.82. The van der Waals surface area contributed by atoms with E-state index in [1.165, 1.54) is 12.8 Å². The van der Waals surface area contributed by atoms with E-state index in [4.69, 9.17) is 9.47 Å². The molecule has 1 N–H and O–H groups in total. The first-order valence-electron chi connectivity index (χ1n) is 5.55. The molecule has 1 fully saturated rings. The summed E-state index contributed by atoms with van der Waals surface area (Å²) in [7, 11) is 3.74. The van der Waals surface area contributed by atoms with Gasteiger partial charge in [-0.25, -0.2) is 0 Å². The molecule has 84 valence electrons. The van der Waals surface area contributed by atoms with Gasteiger partial charge in [0.25, 0.3) is 0 Å². The van der Waals surface area contributed by atoms with Crippen molar-refractivity contribution in [2.24, 2.45) is 5.92 Å². The lowest BCUT2D eigenvalue weighted by Crippen LogP contribution is -2.38. The van der Waals surface area contributed by atoms with Gasteiger partial charge in [0, 0.05) is 13.7 Å². The topological polar surface area (TPSA) is 30.5 Å². The maximum atomic E-state index is 5.86. The van der Waals surface area contributed by atoms with E-state index < -0.39 is 0 Å². The summed E-state index contributed by atoms with van der Waals surface area (Å²) in [6.07, 6.45) is 4.29. The predicted octanol–water partition coefficient (Wildman–Crippen LogP) is 1.43. The van der Waals surface area contributed by atoms with E-state index in [0.29, 0.717) is 12.2 Å². The molecular weight excluding hydrogens is 178 g/mol. The van der Waals surface area contributed by atoms with Crippen molar-refractivity contribution in [1.29, 1.82) is 0 Å². The van der Waals surface area contributed by atoms with Gasteiger partial charge in [-0.15, -0.1) is 0 Å². The van der Waals surface area contributed by atoms with Gasteiger partial charge in [0.05, 0.1) is 12.2 Å². The van der Waals surface area contributed by atoms with Crippen LogP contribution in [0.2, 0.25) is 0 Å². The summed E-state index contributed by atoms with van der Waals surface area (Å²) >= 11 is 0. The Morgan fingerprint density at radius 1 is 1.43 bits per heavy atom. The summed E-state index contributed by atoms with van der Waals surface area (Å²) in [6.45, 7) is 4.06. The molecule has 0 heterocycles. The minimum atomic E-state index is 0.343. The zero-order valence-corrected chi connectivity index (χ0v) is 9.58. The maximum Gasteiger partial charge on any atom is 0.0585 e. The van der Waals surface area contributed by atoms with Crippen molar-refractivity contribution < 1.29 is 9.47 Å². The first kappa shape index (κ1) is 12.0. The summed E-state index contributed by atoms with van der Waals surface area (Å²) in [5.41, 5.74) is 0. The van der Waals surface area contributed by atoms with Crippen molar-refractivity contribution in [2.45, 2.75) is 38.4 Å². The van der Waals surface area contributed by atoms with E-state index >= 15 is 0 Å². The highest BCUT2D eigenvalue weighted by molar-refractivity contribution is 4.81. The third-order valence-corrected chi connectivity index (χ3v) is 2.84. The lowest BCUT2D eigenvalue weighted by molar-refractivity contribution is -0.0752. The molecular formula is C11H23NO2. The Balaban J connectivity index is 1.98. The molecule has 3 heteroatoms. The van der Waals surface area contributed by atoms with Crippen LogP contribution in [0.4, 0.5) is 0 Å². The monoisotopic (exact) mass is 201 g/mol. The second kappa shape index (κ2) is 6.38. The summed E-state index contributed by atoms with van der Waals surface area (Å²) in [4.78, 5) is 0. The van der Waals surface area contributed by atoms with Crippen molar-refractivity contribution in [1.82, 2.24) is 5.32 Å². The highest BCUT2D eigenvalue weighted by Crippen LogP contribution is 2.30. The van der Waals surface area contributed by atoms with Gasteiger partial charge in [-0.05, 0) is 45.7 Å². The Hall–Kier alpha value is -0.120. The minimum absolute atomic E-state index is 0.343. The molecule has 1 aliphatic carbocycles. The summed E-state index contributed by atoms with van der Waals surface area (Å²) in [6, 6.07) is 0. The number of rotatable bonds is 7.